The van der Waals surface area contributed by atoms with Gasteiger partial charge in [0.2, 0.25) is 0 Å². The summed E-state index contributed by atoms with van der Waals surface area (Å²) in [5, 5.41) is 0. The van der Waals surface area contributed by atoms with Gasteiger partial charge < -0.3 is 19.3 Å². The Morgan fingerprint density at radius 3 is 2.32 bits per heavy atom. The van der Waals surface area contributed by atoms with Crippen LogP contribution < -0.4 is 0 Å². The topological polar surface area (TPSA) is 85.2 Å². The van der Waals surface area contributed by atoms with E-state index >= 15 is 0 Å². The lowest BCUT2D eigenvalue weighted by Gasteiger charge is -2.17. The Labute approximate surface area is 115 Å². The summed E-state index contributed by atoms with van der Waals surface area (Å²) >= 11 is 0. The molecular weight excluding hydrogens is 271 g/mol. The quantitative estimate of drug-likeness (QED) is 0.401. The van der Waals surface area contributed by atoms with Gasteiger partial charge in [0.1, 0.15) is 0 Å². The molecule has 19 heavy (non-hydrogen) atoms. The second kappa shape index (κ2) is 11.8. The van der Waals surface area contributed by atoms with E-state index < -0.39 is 13.9 Å². The first-order valence-electron chi connectivity index (χ1n) is 6.89. The number of phosphoric ester groups is 1. The molecule has 2 N–H and O–H groups in total. The lowest BCUT2D eigenvalue weighted by atomic mass is 10.2. The highest BCUT2D eigenvalue weighted by atomic mass is 31.2. The first-order chi connectivity index (χ1) is 8.99. The van der Waals surface area contributed by atoms with Gasteiger partial charge in [0, 0.05) is 19.8 Å². The fourth-order valence-corrected chi connectivity index (χ4v) is 2.09. The normalized spacial score (nSPS) is 13.7. The zero-order valence-electron chi connectivity index (χ0n) is 11.9. The molecule has 0 amide bonds. The Balaban J connectivity index is 3.70. The van der Waals surface area contributed by atoms with Crippen molar-refractivity contribution in [3.05, 3.63) is 0 Å². The zero-order valence-corrected chi connectivity index (χ0v) is 12.8. The first-order valence-corrected chi connectivity index (χ1v) is 8.42. The van der Waals surface area contributed by atoms with Crippen molar-refractivity contribution in [2.75, 3.05) is 26.4 Å². The number of unbranched alkanes of at least 4 members (excludes halogenated alkanes) is 2. The van der Waals surface area contributed by atoms with Crippen LogP contribution in [0.2, 0.25) is 0 Å². The second-order valence-corrected chi connectivity index (χ2v) is 5.53. The first kappa shape index (κ1) is 19.0. The van der Waals surface area contributed by atoms with Crippen LogP contribution in [-0.4, -0.2) is 42.3 Å². The Morgan fingerprint density at radius 2 is 1.74 bits per heavy atom. The molecule has 0 heterocycles. The van der Waals surface area contributed by atoms with Gasteiger partial charge in [-0.1, -0.05) is 13.3 Å². The molecule has 0 bridgehead atoms. The molecule has 0 saturated heterocycles. The van der Waals surface area contributed by atoms with E-state index in [4.69, 9.17) is 19.3 Å². The van der Waals surface area contributed by atoms with E-state index in [0.29, 0.717) is 19.6 Å². The highest BCUT2D eigenvalue weighted by molar-refractivity contribution is 7.46. The summed E-state index contributed by atoms with van der Waals surface area (Å²) in [6.07, 6.45) is 3.83. The predicted molar refractivity (Wildman–Crippen MR) is 73.0 cm³/mol. The molecule has 1 atom stereocenters. The lowest BCUT2D eigenvalue weighted by molar-refractivity contribution is 0.0314. The number of rotatable bonds is 13. The molecule has 0 saturated carbocycles. The van der Waals surface area contributed by atoms with E-state index in [2.05, 4.69) is 11.4 Å². The molecule has 116 valence electrons. The second-order valence-electron chi connectivity index (χ2n) is 4.34. The van der Waals surface area contributed by atoms with Crippen molar-refractivity contribution >= 4 is 7.82 Å². The van der Waals surface area contributed by atoms with E-state index in [1.54, 1.807) is 0 Å². The molecule has 1 unspecified atom stereocenters. The Bertz CT molecular complexity index is 242. The van der Waals surface area contributed by atoms with Crippen LogP contribution >= 0.6 is 7.82 Å². The third-order valence-corrected chi connectivity index (χ3v) is 3.07. The van der Waals surface area contributed by atoms with Gasteiger partial charge in [-0.05, 0) is 32.6 Å². The SMILES string of the molecule is CCCCOCCCCC(COCC)OP(=O)(O)O. The van der Waals surface area contributed by atoms with E-state index in [9.17, 15) is 4.57 Å². The molecule has 6 nitrogen and oxygen atoms in total. The minimum absolute atomic E-state index is 0.207. The van der Waals surface area contributed by atoms with E-state index in [1.165, 1.54) is 0 Å². The number of hydrogen-bond acceptors (Lipinski definition) is 4. The summed E-state index contributed by atoms with van der Waals surface area (Å²) in [6.45, 7) is 6.10. The maximum Gasteiger partial charge on any atom is 0.469 e. The van der Waals surface area contributed by atoms with Gasteiger partial charge in [0.25, 0.3) is 0 Å². The van der Waals surface area contributed by atoms with Crippen LogP contribution in [-0.2, 0) is 18.6 Å². The van der Waals surface area contributed by atoms with Crippen LogP contribution in [0, 0.1) is 0 Å². The minimum atomic E-state index is -4.44. The fourth-order valence-electron chi connectivity index (χ4n) is 1.53. The van der Waals surface area contributed by atoms with Gasteiger partial charge in [0.05, 0.1) is 12.7 Å². The van der Waals surface area contributed by atoms with Gasteiger partial charge >= 0.3 is 7.82 Å². The van der Waals surface area contributed by atoms with Crippen LogP contribution in [0.1, 0.15) is 46.0 Å². The van der Waals surface area contributed by atoms with Crippen molar-refractivity contribution in [3.63, 3.8) is 0 Å². The Morgan fingerprint density at radius 1 is 1.05 bits per heavy atom. The molecule has 7 heteroatoms. The fraction of sp³-hybridized carbons (Fsp3) is 1.00. The highest BCUT2D eigenvalue weighted by Crippen LogP contribution is 2.38. The van der Waals surface area contributed by atoms with Crippen LogP contribution in [0.25, 0.3) is 0 Å². The standard InChI is InChI=1S/C12H27O6P/c1-3-5-9-17-10-7-6-8-12(11-16-4-2)18-19(13,14)15/h12H,3-11H2,1-2H3,(H2,13,14,15). The summed E-state index contributed by atoms with van der Waals surface area (Å²) in [5.41, 5.74) is 0. The highest BCUT2D eigenvalue weighted by Gasteiger charge is 2.21. The number of hydrogen-bond donors (Lipinski definition) is 2. The van der Waals surface area contributed by atoms with Crippen molar-refractivity contribution in [1.29, 1.82) is 0 Å². The molecule has 0 aliphatic carbocycles. The molecule has 0 aromatic heterocycles. The average molecular weight is 298 g/mol. The van der Waals surface area contributed by atoms with Crippen molar-refractivity contribution in [1.82, 2.24) is 0 Å². The summed E-state index contributed by atoms with van der Waals surface area (Å²) < 4.78 is 26.1. The van der Waals surface area contributed by atoms with E-state index in [1.807, 2.05) is 6.92 Å². The van der Waals surface area contributed by atoms with E-state index in [-0.39, 0.29) is 6.61 Å². The summed E-state index contributed by atoms with van der Waals surface area (Å²) in [6, 6.07) is 0. The summed E-state index contributed by atoms with van der Waals surface area (Å²) in [4.78, 5) is 17.6. The monoisotopic (exact) mass is 298 g/mol. The van der Waals surface area contributed by atoms with Crippen molar-refractivity contribution in [2.24, 2.45) is 0 Å². The predicted octanol–water partition coefficient (Wildman–Crippen LogP) is 2.49. The number of phosphoric acid groups is 1. The smallest absolute Gasteiger partial charge is 0.381 e. The molecular formula is C12H27O6P. The van der Waals surface area contributed by atoms with Crippen molar-refractivity contribution in [2.45, 2.75) is 52.1 Å². The third-order valence-electron chi connectivity index (χ3n) is 2.50. The molecule has 0 spiro atoms. The van der Waals surface area contributed by atoms with Gasteiger partial charge in [-0.3, -0.25) is 4.52 Å². The van der Waals surface area contributed by atoms with E-state index in [0.717, 1.165) is 32.3 Å². The van der Waals surface area contributed by atoms with Crippen molar-refractivity contribution < 1.29 is 28.3 Å². The maximum atomic E-state index is 10.8. The summed E-state index contributed by atoms with van der Waals surface area (Å²) in [5.74, 6) is 0. The Kier molecular flexibility index (Phi) is 11.8. The van der Waals surface area contributed by atoms with Crippen LogP contribution in [0.5, 0.6) is 0 Å². The third kappa shape index (κ3) is 14.3. The Hall–Kier alpha value is 0.0300. The molecule has 0 aliphatic rings. The molecule has 0 rings (SSSR count). The molecule has 0 fully saturated rings. The van der Waals surface area contributed by atoms with Gasteiger partial charge in [-0.25, -0.2) is 4.57 Å². The molecule has 0 aromatic rings. The minimum Gasteiger partial charge on any atom is -0.381 e. The van der Waals surface area contributed by atoms with Gasteiger partial charge in [-0.2, -0.15) is 0 Å². The van der Waals surface area contributed by atoms with Crippen molar-refractivity contribution in [3.8, 4) is 0 Å². The van der Waals surface area contributed by atoms with Crippen LogP contribution in [0.15, 0.2) is 0 Å². The van der Waals surface area contributed by atoms with Gasteiger partial charge in [0.15, 0.2) is 0 Å². The van der Waals surface area contributed by atoms with Gasteiger partial charge in [-0.15, -0.1) is 0 Å². The number of ether oxygens (including phenoxy) is 2. The molecule has 0 aromatic carbocycles. The van der Waals surface area contributed by atoms with Crippen LogP contribution in [0.4, 0.5) is 0 Å². The lowest BCUT2D eigenvalue weighted by Crippen LogP contribution is -2.19. The zero-order chi connectivity index (χ0) is 14.6. The largest absolute Gasteiger partial charge is 0.469 e. The van der Waals surface area contributed by atoms with Crippen LogP contribution in [0.3, 0.4) is 0 Å². The maximum absolute atomic E-state index is 10.8. The molecule has 0 radical (unpaired) electrons. The summed E-state index contributed by atoms with van der Waals surface area (Å²) in [7, 11) is -4.44. The average Bonchev–Trinajstić information content (AvgIpc) is 2.33. The molecule has 0 aliphatic heterocycles.